The number of nitrogens with zero attached hydrogens (tertiary/aromatic N) is 1. The maximum absolute atomic E-state index is 11.5. The van der Waals surface area contributed by atoms with Crippen LogP contribution in [0.5, 0.6) is 0 Å². The zero-order valence-corrected chi connectivity index (χ0v) is 8.39. The fraction of sp³-hybridized carbons (Fsp3) is 0.500. The third-order valence-corrected chi connectivity index (χ3v) is 2.35. The van der Waals surface area contributed by atoms with E-state index in [0.717, 1.165) is 0 Å². The third-order valence-electron chi connectivity index (χ3n) is 1.66. The second kappa shape index (κ2) is 3.85. The van der Waals surface area contributed by atoms with Gasteiger partial charge in [0.05, 0.1) is 12.0 Å². The lowest BCUT2D eigenvalue weighted by Crippen LogP contribution is -2.33. The van der Waals surface area contributed by atoms with Crippen molar-refractivity contribution in [3.8, 4) is 0 Å². The van der Waals surface area contributed by atoms with E-state index in [1.165, 1.54) is 11.3 Å². The van der Waals surface area contributed by atoms with E-state index in [0.29, 0.717) is 5.13 Å². The summed E-state index contributed by atoms with van der Waals surface area (Å²) in [5, 5.41) is 13.9. The molecule has 0 aliphatic heterocycles. The van der Waals surface area contributed by atoms with Crippen molar-refractivity contribution < 1.29 is 9.90 Å². The van der Waals surface area contributed by atoms with Crippen molar-refractivity contribution >= 4 is 22.4 Å². The number of aliphatic hydroxyl groups excluding tert-OH is 1. The second-order valence-corrected chi connectivity index (χ2v) is 4.23. The van der Waals surface area contributed by atoms with Crippen molar-refractivity contribution in [2.24, 2.45) is 5.41 Å². The highest BCUT2D eigenvalue weighted by Gasteiger charge is 2.26. The Balaban J connectivity index is 2.61. The summed E-state index contributed by atoms with van der Waals surface area (Å²) < 4.78 is 0. The zero-order chi connectivity index (χ0) is 9.90. The molecule has 13 heavy (non-hydrogen) atoms. The molecule has 5 heteroatoms. The highest BCUT2D eigenvalue weighted by Crippen LogP contribution is 2.18. The van der Waals surface area contributed by atoms with Crippen LogP contribution in [0.15, 0.2) is 11.6 Å². The van der Waals surface area contributed by atoms with Gasteiger partial charge in [-0.05, 0) is 13.8 Å². The molecule has 1 amide bonds. The summed E-state index contributed by atoms with van der Waals surface area (Å²) in [4.78, 5) is 15.4. The number of rotatable bonds is 3. The van der Waals surface area contributed by atoms with Gasteiger partial charge in [0.1, 0.15) is 0 Å². The van der Waals surface area contributed by atoms with Crippen LogP contribution >= 0.6 is 11.3 Å². The summed E-state index contributed by atoms with van der Waals surface area (Å²) in [7, 11) is 0. The van der Waals surface area contributed by atoms with Crippen LogP contribution in [0.1, 0.15) is 13.8 Å². The quantitative estimate of drug-likeness (QED) is 0.768. The van der Waals surface area contributed by atoms with Crippen LogP contribution in [0.3, 0.4) is 0 Å². The van der Waals surface area contributed by atoms with Gasteiger partial charge >= 0.3 is 0 Å². The number of aliphatic hydroxyl groups is 1. The first-order valence-electron chi connectivity index (χ1n) is 3.88. The molecule has 0 bridgehead atoms. The Labute approximate surface area is 80.6 Å². The van der Waals surface area contributed by atoms with Gasteiger partial charge in [-0.15, -0.1) is 11.3 Å². The molecule has 0 radical (unpaired) electrons. The van der Waals surface area contributed by atoms with Crippen LogP contribution < -0.4 is 5.32 Å². The normalized spacial score (nSPS) is 11.3. The molecule has 0 aromatic carbocycles. The number of thiazole rings is 1. The van der Waals surface area contributed by atoms with Gasteiger partial charge in [-0.2, -0.15) is 0 Å². The average molecular weight is 200 g/mol. The Morgan fingerprint density at radius 1 is 1.77 bits per heavy atom. The lowest BCUT2D eigenvalue weighted by atomic mass is 9.94. The van der Waals surface area contributed by atoms with Crippen molar-refractivity contribution in [3.63, 3.8) is 0 Å². The number of nitrogens with one attached hydrogen (secondary N) is 1. The number of hydrogen-bond acceptors (Lipinski definition) is 4. The Morgan fingerprint density at radius 3 is 2.92 bits per heavy atom. The third kappa shape index (κ3) is 2.50. The fourth-order valence-corrected chi connectivity index (χ4v) is 1.15. The molecular formula is C8H12N2O2S. The maximum atomic E-state index is 11.5. The highest BCUT2D eigenvalue weighted by atomic mass is 32.1. The van der Waals surface area contributed by atoms with Gasteiger partial charge in [0.2, 0.25) is 5.91 Å². The molecule has 0 aliphatic carbocycles. The molecular weight excluding hydrogens is 188 g/mol. The molecule has 1 rings (SSSR count). The number of anilines is 1. The lowest BCUT2D eigenvalue weighted by molar-refractivity contribution is -0.125. The summed E-state index contributed by atoms with van der Waals surface area (Å²) >= 11 is 1.35. The smallest absolute Gasteiger partial charge is 0.234 e. The Bertz CT molecular complexity index is 282. The van der Waals surface area contributed by atoms with E-state index < -0.39 is 5.41 Å². The molecule has 0 aliphatic rings. The first-order valence-corrected chi connectivity index (χ1v) is 4.76. The van der Waals surface area contributed by atoms with Gasteiger partial charge in [0.25, 0.3) is 0 Å². The maximum Gasteiger partial charge on any atom is 0.234 e. The highest BCUT2D eigenvalue weighted by molar-refractivity contribution is 7.13. The molecule has 1 aromatic heterocycles. The van der Waals surface area contributed by atoms with Gasteiger partial charge < -0.3 is 10.4 Å². The van der Waals surface area contributed by atoms with E-state index in [1.54, 1.807) is 25.4 Å². The van der Waals surface area contributed by atoms with Crippen LogP contribution in [0.4, 0.5) is 5.13 Å². The predicted octanol–water partition coefficient (Wildman–Crippen LogP) is 1.10. The van der Waals surface area contributed by atoms with Crippen molar-refractivity contribution in [2.75, 3.05) is 11.9 Å². The first-order chi connectivity index (χ1) is 6.06. The van der Waals surface area contributed by atoms with Crippen molar-refractivity contribution in [1.29, 1.82) is 0 Å². The number of carbonyl (C=O) groups excluding carboxylic acids is 1. The minimum atomic E-state index is -0.758. The molecule has 0 fully saturated rings. The molecule has 0 unspecified atom stereocenters. The van der Waals surface area contributed by atoms with Crippen LogP contribution in [-0.2, 0) is 4.79 Å². The predicted molar refractivity (Wildman–Crippen MR) is 51.6 cm³/mol. The average Bonchev–Trinajstić information content (AvgIpc) is 2.57. The molecule has 72 valence electrons. The molecule has 0 atom stereocenters. The molecule has 1 aromatic rings. The SMILES string of the molecule is CC(C)(CO)C(=O)Nc1nccs1. The number of hydrogen-bond donors (Lipinski definition) is 2. The van der Waals surface area contributed by atoms with E-state index in [1.807, 2.05) is 0 Å². The first kappa shape index (κ1) is 10.1. The number of amides is 1. The molecule has 0 saturated carbocycles. The van der Waals surface area contributed by atoms with E-state index in [9.17, 15) is 4.79 Å². The minimum Gasteiger partial charge on any atom is -0.395 e. The Hall–Kier alpha value is -0.940. The van der Waals surface area contributed by atoms with Crippen LogP contribution in [0.2, 0.25) is 0 Å². The van der Waals surface area contributed by atoms with Gasteiger partial charge in [-0.25, -0.2) is 4.98 Å². The number of aromatic nitrogens is 1. The second-order valence-electron chi connectivity index (χ2n) is 3.33. The Kier molecular flexibility index (Phi) is 3.00. The van der Waals surface area contributed by atoms with Gasteiger partial charge in [0.15, 0.2) is 5.13 Å². The van der Waals surface area contributed by atoms with E-state index >= 15 is 0 Å². The summed E-state index contributed by atoms with van der Waals surface area (Å²) in [5.41, 5.74) is -0.758. The fourth-order valence-electron chi connectivity index (χ4n) is 0.623. The molecule has 4 nitrogen and oxygen atoms in total. The number of carbonyl (C=O) groups is 1. The lowest BCUT2D eigenvalue weighted by Gasteiger charge is -2.19. The minimum absolute atomic E-state index is 0.176. The van der Waals surface area contributed by atoms with E-state index in [4.69, 9.17) is 5.11 Å². The summed E-state index contributed by atoms with van der Waals surface area (Å²) in [6, 6.07) is 0. The topological polar surface area (TPSA) is 62.2 Å². The Morgan fingerprint density at radius 2 is 2.46 bits per heavy atom. The van der Waals surface area contributed by atoms with Crippen molar-refractivity contribution in [3.05, 3.63) is 11.6 Å². The summed E-state index contributed by atoms with van der Waals surface area (Å²) in [6.45, 7) is 3.18. The van der Waals surface area contributed by atoms with Crippen LogP contribution in [-0.4, -0.2) is 22.6 Å². The largest absolute Gasteiger partial charge is 0.395 e. The van der Waals surface area contributed by atoms with Crippen LogP contribution in [0, 0.1) is 5.41 Å². The molecule has 0 saturated heterocycles. The van der Waals surface area contributed by atoms with Crippen molar-refractivity contribution in [2.45, 2.75) is 13.8 Å². The monoisotopic (exact) mass is 200 g/mol. The van der Waals surface area contributed by atoms with Gasteiger partial charge in [0, 0.05) is 11.6 Å². The standard InChI is InChI=1S/C8H12N2O2S/c1-8(2,5-11)6(12)10-7-9-3-4-13-7/h3-4,11H,5H2,1-2H3,(H,9,10,12). The molecule has 1 heterocycles. The zero-order valence-electron chi connectivity index (χ0n) is 7.57. The van der Waals surface area contributed by atoms with Crippen LogP contribution in [0.25, 0.3) is 0 Å². The summed E-state index contributed by atoms with van der Waals surface area (Å²) in [5.74, 6) is -0.218. The van der Waals surface area contributed by atoms with E-state index in [2.05, 4.69) is 10.3 Å². The van der Waals surface area contributed by atoms with Gasteiger partial charge in [-0.3, -0.25) is 4.79 Å². The van der Waals surface area contributed by atoms with Gasteiger partial charge in [-0.1, -0.05) is 0 Å². The molecule has 2 N–H and O–H groups in total. The van der Waals surface area contributed by atoms with Crippen molar-refractivity contribution in [1.82, 2.24) is 4.98 Å². The van der Waals surface area contributed by atoms with E-state index in [-0.39, 0.29) is 12.5 Å². The molecule has 0 spiro atoms. The summed E-state index contributed by atoms with van der Waals surface area (Å²) in [6.07, 6.45) is 1.62.